The van der Waals surface area contributed by atoms with Gasteiger partial charge in [-0.1, -0.05) is 24.6 Å². The number of aliphatic hydroxyl groups is 1. The monoisotopic (exact) mass is 557 g/mol. The topological polar surface area (TPSA) is 145 Å². The molecule has 10 heteroatoms. The second kappa shape index (κ2) is 10.7. The Kier molecular flexibility index (Phi) is 7.11. The second-order valence-corrected chi connectivity index (χ2v) is 11.6. The highest BCUT2D eigenvalue weighted by Gasteiger charge is 2.46. The summed E-state index contributed by atoms with van der Waals surface area (Å²) in [4.78, 5) is 58.8. The highest BCUT2D eigenvalue weighted by atomic mass is 16.3. The molecule has 2 aromatic rings. The van der Waals surface area contributed by atoms with Gasteiger partial charge in [-0.05, 0) is 67.0 Å². The smallest absolute Gasteiger partial charge is 0.259 e. The molecule has 0 spiro atoms. The zero-order chi connectivity index (χ0) is 28.7. The Labute approximate surface area is 238 Å². The molecule has 2 saturated heterocycles. The van der Waals surface area contributed by atoms with Crippen LogP contribution in [0.2, 0.25) is 0 Å². The SMILES string of the molecule is N/C=C(\C=NC1CCN(C(=O)C2(CO)CCC2)CC1)Cc1ccc2c3c(cccc13)C(=O)N2C1CCC(=O)NC1=O. The number of piperidine rings is 2. The quantitative estimate of drug-likeness (QED) is 0.352. The molecule has 3 aliphatic heterocycles. The lowest BCUT2D eigenvalue weighted by Crippen LogP contribution is -2.53. The molecular formula is C31H35N5O5. The van der Waals surface area contributed by atoms with Crippen molar-refractivity contribution >= 4 is 46.3 Å². The highest BCUT2D eigenvalue weighted by Crippen LogP contribution is 2.43. The maximum absolute atomic E-state index is 13.4. The lowest BCUT2D eigenvalue weighted by Gasteiger charge is -2.43. The minimum atomic E-state index is -0.724. The molecule has 0 aromatic heterocycles. The van der Waals surface area contributed by atoms with Crippen LogP contribution in [-0.4, -0.2) is 71.6 Å². The summed E-state index contributed by atoms with van der Waals surface area (Å²) in [5, 5.41) is 13.8. The largest absolute Gasteiger partial charge is 0.404 e. The molecule has 1 aliphatic carbocycles. The van der Waals surface area contributed by atoms with Crippen molar-refractivity contribution in [2.75, 3.05) is 24.6 Å². The van der Waals surface area contributed by atoms with Crippen LogP contribution in [0, 0.1) is 5.41 Å². The molecule has 4 N–H and O–H groups in total. The van der Waals surface area contributed by atoms with E-state index in [2.05, 4.69) is 5.32 Å². The Hall–Kier alpha value is -4.05. The number of nitrogens with zero attached hydrogens (tertiary/aromatic N) is 3. The summed E-state index contributed by atoms with van der Waals surface area (Å²) in [6.07, 6.45) is 8.43. The Morgan fingerprint density at radius 3 is 2.56 bits per heavy atom. The number of rotatable bonds is 7. The summed E-state index contributed by atoms with van der Waals surface area (Å²) >= 11 is 0. The zero-order valence-electron chi connectivity index (χ0n) is 23.0. The average Bonchev–Trinajstić information content (AvgIpc) is 3.24. The van der Waals surface area contributed by atoms with Gasteiger partial charge in [0, 0.05) is 43.1 Å². The number of hydrogen-bond acceptors (Lipinski definition) is 7. The number of hydrogen-bond donors (Lipinski definition) is 3. The number of allylic oxidation sites excluding steroid dienone is 1. The van der Waals surface area contributed by atoms with Crippen LogP contribution in [0.25, 0.3) is 10.8 Å². The molecule has 0 radical (unpaired) electrons. The van der Waals surface area contributed by atoms with E-state index < -0.39 is 17.4 Å². The van der Waals surface area contributed by atoms with E-state index in [9.17, 15) is 24.3 Å². The van der Waals surface area contributed by atoms with Gasteiger partial charge in [0.05, 0.1) is 23.8 Å². The summed E-state index contributed by atoms with van der Waals surface area (Å²) < 4.78 is 0. The normalized spacial score (nSPS) is 22.9. The average molecular weight is 558 g/mol. The van der Waals surface area contributed by atoms with Crippen LogP contribution in [0.15, 0.2) is 47.1 Å². The van der Waals surface area contributed by atoms with Crippen LogP contribution in [0.4, 0.5) is 5.69 Å². The number of likely N-dealkylation sites (tertiary alicyclic amines) is 1. The number of aliphatic hydroxyl groups excluding tert-OH is 1. The minimum absolute atomic E-state index is 0.0746. The third-order valence-corrected chi connectivity index (χ3v) is 9.22. The van der Waals surface area contributed by atoms with Gasteiger partial charge < -0.3 is 15.7 Å². The van der Waals surface area contributed by atoms with E-state index in [-0.39, 0.29) is 36.8 Å². The number of nitrogens with two attached hydrogens (primary N) is 1. The minimum Gasteiger partial charge on any atom is -0.404 e. The number of aliphatic imine (C=N–C) groups is 1. The molecule has 10 nitrogen and oxygen atoms in total. The Morgan fingerprint density at radius 1 is 1.12 bits per heavy atom. The third-order valence-electron chi connectivity index (χ3n) is 9.22. The zero-order valence-corrected chi connectivity index (χ0v) is 23.0. The van der Waals surface area contributed by atoms with Crippen molar-refractivity contribution in [1.29, 1.82) is 0 Å². The first-order valence-electron chi connectivity index (χ1n) is 14.4. The fourth-order valence-electron chi connectivity index (χ4n) is 6.62. The standard InChI is InChI=1S/C31H35N5O5/c32-16-19(17-33-21-9-13-35(14-10-21)30(41)31(18-37)11-2-12-31)15-20-5-6-24-27-22(20)3-1-4-23(27)29(40)36(24)25-7-8-26(38)34-28(25)39/h1,3-6,16-17,21,25,37H,2,7-15,18,32H2,(H,34,38,39)/b19-16-,33-17?. The van der Waals surface area contributed by atoms with E-state index in [1.54, 1.807) is 12.3 Å². The summed E-state index contributed by atoms with van der Waals surface area (Å²) in [6, 6.07) is 8.78. The molecule has 41 heavy (non-hydrogen) atoms. The van der Waals surface area contributed by atoms with Crippen LogP contribution in [0.3, 0.4) is 0 Å². The summed E-state index contributed by atoms with van der Waals surface area (Å²) in [7, 11) is 0. The van der Waals surface area contributed by atoms with Crippen LogP contribution in [0.5, 0.6) is 0 Å². The Morgan fingerprint density at radius 2 is 1.90 bits per heavy atom. The number of nitrogens with one attached hydrogen (secondary N) is 1. The maximum atomic E-state index is 13.4. The number of amides is 4. The summed E-state index contributed by atoms with van der Waals surface area (Å²) in [6.45, 7) is 1.20. The van der Waals surface area contributed by atoms with Gasteiger partial charge in [-0.2, -0.15) is 0 Å². The van der Waals surface area contributed by atoms with Crippen molar-refractivity contribution in [2.45, 2.75) is 63.5 Å². The predicted octanol–water partition coefficient (Wildman–Crippen LogP) is 2.21. The van der Waals surface area contributed by atoms with E-state index in [0.29, 0.717) is 37.2 Å². The van der Waals surface area contributed by atoms with E-state index in [1.807, 2.05) is 35.4 Å². The van der Waals surface area contributed by atoms with Crippen molar-refractivity contribution in [3.63, 3.8) is 0 Å². The second-order valence-electron chi connectivity index (χ2n) is 11.6. The molecule has 3 fully saturated rings. The van der Waals surface area contributed by atoms with Gasteiger partial charge in [-0.3, -0.25) is 34.4 Å². The van der Waals surface area contributed by atoms with Crippen LogP contribution in [0.1, 0.15) is 60.9 Å². The van der Waals surface area contributed by atoms with Gasteiger partial charge in [0.15, 0.2) is 0 Å². The van der Waals surface area contributed by atoms with Gasteiger partial charge >= 0.3 is 0 Å². The lowest BCUT2D eigenvalue weighted by molar-refractivity contribution is -0.152. The number of carbonyl (C=O) groups is 4. The molecule has 2 aromatic carbocycles. The third kappa shape index (κ3) is 4.69. The molecule has 6 rings (SSSR count). The van der Waals surface area contributed by atoms with Gasteiger partial charge in [0.25, 0.3) is 5.91 Å². The molecule has 1 unspecified atom stereocenters. The summed E-state index contributed by atoms with van der Waals surface area (Å²) in [5.41, 5.74) is 8.49. The summed E-state index contributed by atoms with van der Waals surface area (Å²) in [5.74, 6) is -0.921. The van der Waals surface area contributed by atoms with Crippen molar-refractivity contribution < 1.29 is 24.3 Å². The first-order chi connectivity index (χ1) is 19.8. The number of benzene rings is 2. The van der Waals surface area contributed by atoms with E-state index in [4.69, 9.17) is 10.7 Å². The molecule has 3 heterocycles. The van der Waals surface area contributed by atoms with Crippen LogP contribution < -0.4 is 16.0 Å². The van der Waals surface area contributed by atoms with Crippen LogP contribution >= 0.6 is 0 Å². The van der Waals surface area contributed by atoms with Crippen LogP contribution in [-0.2, 0) is 20.8 Å². The highest BCUT2D eigenvalue weighted by molar-refractivity contribution is 6.27. The molecular weight excluding hydrogens is 522 g/mol. The number of imide groups is 1. The first-order valence-corrected chi connectivity index (χ1v) is 14.4. The van der Waals surface area contributed by atoms with E-state index in [1.165, 1.54) is 4.90 Å². The van der Waals surface area contributed by atoms with Crippen molar-refractivity contribution in [1.82, 2.24) is 10.2 Å². The van der Waals surface area contributed by atoms with Gasteiger partial charge in [-0.25, -0.2) is 0 Å². The Balaban J connectivity index is 1.16. The van der Waals surface area contributed by atoms with Crippen molar-refractivity contribution in [3.8, 4) is 0 Å². The predicted molar refractivity (Wildman–Crippen MR) is 154 cm³/mol. The molecule has 4 aliphatic rings. The van der Waals surface area contributed by atoms with E-state index >= 15 is 0 Å². The fraction of sp³-hybridized carbons (Fsp3) is 0.452. The maximum Gasteiger partial charge on any atom is 0.259 e. The van der Waals surface area contributed by atoms with Gasteiger partial charge in [-0.15, -0.1) is 0 Å². The van der Waals surface area contributed by atoms with E-state index in [0.717, 1.165) is 54.0 Å². The molecule has 214 valence electrons. The molecule has 1 saturated carbocycles. The van der Waals surface area contributed by atoms with Crippen molar-refractivity contribution in [2.24, 2.45) is 16.1 Å². The number of carbonyl (C=O) groups excluding carboxylic acids is 4. The van der Waals surface area contributed by atoms with Gasteiger partial charge in [0.2, 0.25) is 17.7 Å². The van der Waals surface area contributed by atoms with Crippen molar-refractivity contribution in [3.05, 3.63) is 53.2 Å². The number of anilines is 1. The lowest BCUT2D eigenvalue weighted by atomic mass is 9.68. The molecule has 4 amide bonds. The molecule has 0 bridgehead atoms. The fourth-order valence-corrected chi connectivity index (χ4v) is 6.62. The van der Waals surface area contributed by atoms with Gasteiger partial charge in [0.1, 0.15) is 6.04 Å². The Bertz CT molecular complexity index is 1480. The first kappa shape index (κ1) is 27.1. The molecule has 1 atom stereocenters.